The highest BCUT2D eigenvalue weighted by Gasteiger charge is 2.34. The van der Waals surface area contributed by atoms with Gasteiger partial charge in [-0.1, -0.05) is 29.8 Å². The minimum atomic E-state index is -3.95. The molecule has 1 saturated heterocycles. The van der Waals surface area contributed by atoms with Crippen molar-refractivity contribution in [3.05, 3.63) is 89.5 Å². The molecule has 0 radical (unpaired) electrons. The number of carbonyl (C=O) groups excluding carboxylic acids is 2. The highest BCUT2D eigenvalue weighted by molar-refractivity contribution is 7.91. The molecule has 1 aromatic carbocycles. The lowest BCUT2D eigenvalue weighted by Gasteiger charge is -2.33. The molecule has 3 aromatic heterocycles. The van der Waals surface area contributed by atoms with Gasteiger partial charge >= 0.3 is 0 Å². The topological polar surface area (TPSA) is 113 Å². The van der Waals surface area contributed by atoms with Crippen LogP contribution in [0.3, 0.4) is 0 Å². The number of fused-ring (bicyclic) bond motifs is 1. The van der Waals surface area contributed by atoms with E-state index in [-0.39, 0.29) is 16.7 Å². The first-order chi connectivity index (χ1) is 18.8. The van der Waals surface area contributed by atoms with E-state index < -0.39 is 22.0 Å². The molecule has 39 heavy (non-hydrogen) atoms. The van der Waals surface area contributed by atoms with E-state index in [1.807, 2.05) is 12.1 Å². The van der Waals surface area contributed by atoms with Gasteiger partial charge in [-0.25, -0.2) is 8.42 Å². The van der Waals surface area contributed by atoms with Crippen LogP contribution in [0.4, 0.5) is 0 Å². The summed E-state index contributed by atoms with van der Waals surface area (Å²) in [6.45, 7) is 0.849. The fourth-order valence-electron chi connectivity index (χ4n) is 4.48. The second-order valence-corrected chi connectivity index (χ2v) is 12.8. The predicted octanol–water partition coefficient (Wildman–Crippen LogP) is 3.84. The summed E-state index contributed by atoms with van der Waals surface area (Å²) in [6.07, 6.45) is 7.65. The number of hydrogen-bond acceptors (Lipinski definition) is 7. The van der Waals surface area contributed by atoms with Gasteiger partial charge in [0.15, 0.2) is 0 Å². The Bertz CT molecular complexity index is 1540. The van der Waals surface area contributed by atoms with Crippen LogP contribution in [0.5, 0.6) is 0 Å². The largest absolute Gasteiger partial charge is 0.332 e. The maximum Gasteiger partial charge on any atom is 0.250 e. The number of benzene rings is 1. The van der Waals surface area contributed by atoms with Crippen LogP contribution in [0.1, 0.15) is 24.0 Å². The highest BCUT2D eigenvalue weighted by Crippen LogP contribution is 2.31. The molecule has 4 aromatic rings. The second-order valence-electron chi connectivity index (χ2n) is 9.30. The lowest BCUT2D eigenvalue weighted by Crippen LogP contribution is -2.54. The van der Waals surface area contributed by atoms with Crippen LogP contribution in [0.2, 0.25) is 5.02 Å². The number of halogens is 1. The summed E-state index contributed by atoms with van der Waals surface area (Å²) in [5.74, 6) is -0.661. The maximum absolute atomic E-state index is 13.4. The zero-order chi connectivity index (χ0) is 27.4. The second kappa shape index (κ2) is 11.8. The fraction of sp³-hybridized carbons (Fsp3) is 0.259. The summed E-state index contributed by atoms with van der Waals surface area (Å²) in [7, 11) is -3.95. The number of rotatable bonds is 9. The van der Waals surface area contributed by atoms with Crippen LogP contribution in [-0.4, -0.2) is 59.1 Å². The molecule has 0 spiro atoms. The van der Waals surface area contributed by atoms with Crippen LogP contribution in [0.15, 0.2) is 77.5 Å². The molecule has 1 atom stereocenters. The number of piperidine rings is 1. The van der Waals surface area contributed by atoms with Crippen LogP contribution < -0.4 is 4.72 Å². The van der Waals surface area contributed by atoms with Crippen molar-refractivity contribution in [2.24, 2.45) is 0 Å². The van der Waals surface area contributed by atoms with Gasteiger partial charge in [-0.15, -0.1) is 11.3 Å². The first-order valence-corrected chi connectivity index (χ1v) is 15.0. The fourth-order valence-corrected chi connectivity index (χ4v) is 7.40. The molecule has 0 aliphatic carbocycles. The molecular formula is C27H26ClN5O4S2. The van der Waals surface area contributed by atoms with Gasteiger partial charge in [0, 0.05) is 54.1 Å². The summed E-state index contributed by atoms with van der Waals surface area (Å²) in [4.78, 5) is 38.1. The van der Waals surface area contributed by atoms with Gasteiger partial charge in [0.05, 0.1) is 6.54 Å². The first kappa shape index (κ1) is 27.2. The zero-order valence-electron chi connectivity index (χ0n) is 20.9. The third-order valence-electron chi connectivity index (χ3n) is 6.42. The smallest absolute Gasteiger partial charge is 0.250 e. The minimum Gasteiger partial charge on any atom is -0.332 e. The monoisotopic (exact) mass is 583 g/mol. The van der Waals surface area contributed by atoms with Crippen molar-refractivity contribution >= 4 is 54.9 Å². The number of carbonyl (C=O) groups is 2. The van der Waals surface area contributed by atoms with Crippen LogP contribution >= 0.6 is 22.9 Å². The molecule has 9 nitrogen and oxygen atoms in total. The molecule has 5 rings (SSSR count). The molecule has 1 N–H and O–H groups in total. The number of aromatic nitrogens is 2. The van der Waals surface area contributed by atoms with Gasteiger partial charge in [-0.3, -0.25) is 19.6 Å². The van der Waals surface area contributed by atoms with E-state index in [9.17, 15) is 18.0 Å². The lowest BCUT2D eigenvalue weighted by molar-refractivity contribution is -0.143. The Morgan fingerprint density at radius 3 is 2.41 bits per heavy atom. The molecule has 0 unspecified atom stereocenters. The molecule has 1 aliphatic rings. The van der Waals surface area contributed by atoms with Crippen LogP contribution in [-0.2, 0) is 32.7 Å². The van der Waals surface area contributed by atoms with Crippen molar-refractivity contribution in [2.75, 3.05) is 13.1 Å². The number of sulfonamides is 1. The molecule has 4 heterocycles. The van der Waals surface area contributed by atoms with Crippen LogP contribution in [0, 0.1) is 0 Å². The van der Waals surface area contributed by atoms with E-state index in [0.717, 1.165) is 32.5 Å². The molecule has 0 bridgehead atoms. The average molecular weight is 584 g/mol. The van der Waals surface area contributed by atoms with Crippen LogP contribution in [0.25, 0.3) is 10.1 Å². The van der Waals surface area contributed by atoms with Gasteiger partial charge in [-0.05, 0) is 59.7 Å². The van der Waals surface area contributed by atoms with Crippen molar-refractivity contribution < 1.29 is 18.0 Å². The SMILES string of the molecule is O=C(CN1CCC[C@H](NS(=O)(=O)c2cc3ccc(Cl)cc3s2)C1=O)N(Cc1cccnc1)Cc1cccnc1. The van der Waals surface area contributed by atoms with E-state index in [1.54, 1.807) is 66.1 Å². The molecule has 2 amide bonds. The number of nitrogens with zero attached hydrogens (tertiary/aromatic N) is 4. The van der Waals surface area contributed by atoms with Crippen molar-refractivity contribution in [2.45, 2.75) is 36.2 Å². The third kappa shape index (κ3) is 6.62. The van der Waals surface area contributed by atoms with Crippen molar-refractivity contribution in [3.8, 4) is 0 Å². The normalized spacial score (nSPS) is 16.0. The van der Waals surface area contributed by atoms with E-state index in [1.165, 1.54) is 4.90 Å². The maximum atomic E-state index is 13.4. The summed E-state index contributed by atoms with van der Waals surface area (Å²) in [6, 6.07) is 13.2. The van der Waals surface area contributed by atoms with E-state index in [2.05, 4.69) is 14.7 Å². The Balaban J connectivity index is 1.29. The summed E-state index contributed by atoms with van der Waals surface area (Å²) in [5, 5.41) is 1.28. The van der Waals surface area contributed by atoms with Gasteiger partial charge in [-0.2, -0.15) is 4.72 Å². The Morgan fingerprint density at radius 2 is 1.77 bits per heavy atom. The Morgan fingerprint density at radius 1 is 1.08 bits per heavy atom. The quantitative estimate of drug-likeness (QED) is 0.320. The number of pyridine rings is 2. The number of hydrogen-bond donors (Lipinski definition) is 1. The molecule has 0 saturated carbocycles. The molecule has 1 fully saturated rings. The molecule has 202 valence electrons. The number of thiophene rings is 1. The van der Waals surface area contributed by atoms with E-state index >= 15 is 0 Å². The molecule has 1 aliphatic heterocycles. The lowest BCUT2D eigenvalue weighted by atomic mass is 10.1. The van der Waals surface area contributed by atoms with Gasteiger partial charge in [0.1, 0.15) is 10.3 Å². The highest BCUT2D eigenvalue weighted by atomic mass is 35.5. The number of amides is 2. The van der Waals surface area contributed by atoms with Gasteiger partial charge < -0.3 is 9.80 Å². The van der Waals surface area contributed by atoms with E-state index in [0.29, 0.717) is 37.5 Å². The third-order valence-corrected chi connectivity index (χ3v) is 9.70. The summed E-state index contributed by atoms with van der Waals surface area (Å²) >= 11 is 7.14. The van der Waals surface area contributed by atoms with E-state index in [4.69, 9.17) is 11.6 Å². The standard InChI is InChI=1S/C27H26ClN5O4S2/c28-22-8-7-21-12-26(38-24(21)13-22)39(36,37)31-23-6-3-11-32(27(23)35)18-25(34)33(16-19-4-1-9-29-14-19)17-20-5-2-10-30-15-20/h1-2,4-5,7-10,12-15,23,31H,3,6,11,16-18H2/t23-/m0/s1. The summed E-state index contributed by atoms with van der Waals surface area (Å²) in [5.41, 5.74) is 1.71. The van der Waals surface area contributed by atoms with Crippen molar-refractivity contribution in [1.82, 2.24) is 24.5 Å². The predicted molar refractivity (Wildman–Crippen MR) is 149 cm³/mol. The number of likely N-dealkylation sites (tertiary alicyclic amines) is 1. The Hall–Kier alpha value is -3.38. The average Bonchev–Trinajstić information content (AvgIpc) is 3.36. The van der Waals surface area contributed by atoms with Gasteiger partial charge in [0.2, 0.25) is 11.8 Å². The minimum absolute atomic E-state index is 0.111. The summed E-state index contributed by atoms with van der Waals surface area (Å²) < 4.78 is 29.7. The van der Waals surface area contributed by atoms with Crippen molar-refractivity contribution in [3.63, 3.8) is 0 Å². The Labute approximate surface area is 235 Å². The zero-order valence-corrected chi connectivity index (χ0v) is 23.3. The first-order valence-electron chi connectivity index (χ1n) is 12.3. The van der Waals surface area contributed by atoms with Crippen molar-refractivity contribution in [1.29, 1.82) is 0 Å². The molecular weight excluding hydrogens is 558 g/mol. The Kier molecular flexibility index (Phi) is 8.22. The number of nitrogens with one attached hydrogen (secondary N) is 1. The molecule has 12 heteroatoms. The van der Waals surface area contributed by atoms with Gasteiger partial charge in [0.25, 0.3) is 10.0 Å².